The maximum Gasteiger partial charge on any atom is 0.256 e. The van der Waals surface area contributed by atoms with Crippen LogP contribution in [-0.2, 0) is 9.59 Å². The average Bonchev–Trinajstić information content (AvgIpc) is 2.89. The summed E-state index contributed by atoms with van der Waals surface area (Å²) >= 11 is 0. The molecule has 178 valence electrons. The van der Waals surface area contributed by atoms with Crippen molar-refractivity contribution in [2.45, 2.75) is 24.9 Å². The molecule has 2 aliphatic rings. The van der Waals surface area contributed by atoms with Crippen molar-refractivity contribution in [3.63, 3.8) is 0 Å². The Morgan fingerprint density at radius 2 is 1.88 bits per heavy atom. The van der Waals surface area contributed by atoms with Crippen LogP contribution in [0.25, 0.3) is 0 Å². The van der Waals surface area contributed by atoms with Crippen molar-refractivity contribution in [2.24, 2.45) is 0 Å². The van der Waals surface area contributed by atoms with E-state index in [0.717, 1.165) is 6.42 Å². The summed E-state index contributed by atoms with van der Waals surface area (Å²) in [6.45, 7) is 1.02. The zero-order chi connectivity index (χ0) is 24.1. The Balaban J connectivity index is 1.55. The highest BCUT2D eigenvalue weighted by Crippen LogP contribution is 2.19. The molecule has 2 aliphatic heterocycles. The molecule has 3 heterocycles. The fourth-order valence-electron chi connectivity index (χ4n) is 4.18. The van der Waals surface area contributed by atoms with Gasteiger partial charge in [-0.3, -0.25) is 24.2 Å². The third-order valence-corrected chi connectivity index (χ3v) is 6.08. The number of rotatable bonds is 5. The number of piperidine rings is 1. The molecule has 1 aromatic heterocycles. The van der Waals surface area contributed by atoms with Crippen LogP contribution in [0.3, 0.4) is 0 Å². The van der Waals surface area contributed by atoms with Gasteiger partial charge < -0.3 is 25.2 Å². The molecular formula is C24H27N5O5. The summed E-state index contributed by atoms with van der Waals surface area (Å²) in [5.41, 5.74) is 0.810. The molecule has 4 rings (SSSR count). The molecular weight excluding hydrogens is 438 g/mol. The Bertz CT molecular complexity index is 1060. The molecule has 10 heteroatoms. The van der Waals surface area contributed by atoms with E-state index in [2.05, 4.69) is 15.6 Å². The number of nitrogens with one attached hydrogen (secondary N) is 2. The van der Waals surface area contributed by atoms with Crippen molar-refractivity contribution in [3.05, 3.63) is 59.9 Å². The molecule has 2 fully saturated rings. The van der Waals surface area contributed by atoms with E-state index in [-0.39, 0.29) is 37.4 Å². The molecule has 2 atom stereocenters. The second-order valence-corrected chi connectivity index (χ2v) is 8.23. The maximum atomic E-state index is 13.3. The van der Waals surface area contributed by atoms with Gasteiger partial charge in [-0.25, -0.2) is 0 Å². The normalized spacial score (nSPS) is 20.3. The molecule has 1 aromatic carbocycles. The zero-order valence-corrected chi connectivity index (χ0v) is 18.9. The first-order chi connectivity index (χ1) is 16.5. The van der Waals surface area contributed by atoms with Gasteiger partial charge in [0.25, 0.3) is 11.8 Å². The number of piperazine rings is 1. The summed E-state index contributed by atoms with van der Waals surface area (Å²) in [6.07, 6.45) is 4.28. The molecule has 0 radical (unpaired) electrons. The van der Waals surface area contributed by atoms with Gasteiger partial charge in [0.15, 0.2) is 0 Å². The zero-order valence-electron chi connectivity index (χ0n) is 18.9. The highest BCUT2D eigenvalue weighted by molar-refractivity contribution is 6.00. The Labute approximate surface area is 197 Å². The minimum absolute atomic E-state index is 0.0109. The summed E-state index contributed by atoms with van der Waals surface area (Å²) in [7, 11) is 1.55. The van der Waals surface area contributed by atoms with Gasteiger partial charge in [-0.15, -0.1) is 0 Å². The first kappa shape index (κ1) is 23.2. The third kappa shape index (κ3) is 5.00. The number of carbonyl (C=O) groups excluding carboxylic acids is 4. The van der Waals surface area contributed by atoms with Gasteiger partial charge in [0.1, 0.15) is 17.8 Å². The van der Waals surface area contributed by atoms with Gasteiger partial charge in [-0.1, -0.05) is 0 Å². The molecule has 10 nitrogen and oxygen atoms in total. The fourth-order valence-corrected chi connectivity index (χ4v) is 4.18. The molecule has 0 unspecified atom stereocenters. The van der Waals surface area contributed by atoms with Gasteiger partial charge in [0, 0.05) is 37.6 Å². The van der Waals surface area contributed by atoms with Crippen LogP contribution in [0.4, 0.5) is 0 Å². The van der Waals surface area contributed by atoms with Crippen LogP contribution in [0.2, 0.25) is 0 Å². The van der Waals surface area contributed by atoms with E-state index in [0.29, 0.717) is 29.8 Å². The number of methoxy groups -OCH3 is 1. The monoisotopic (exact) mass is 465 g/mol. The highest BCUT2D eigenvalue weighted by atomic mass is 16.5. The van der Waals surface area contributed by atoms with E-state index in [4.69, 9.17) is 4.74 Å². The number of aromatic nitrogens is 1. The number of benzene rings is 1. The number of carbonyl (C=O) groups is 4. The Morgan fingerprint density at radius 1 is 1.09 bits per heavy atom. The summed E-state index contributed by atoms with van der Waals surface area (Å²) in [4.78, 5) is 58.8. The average molecular weight is 466 g/mol. The largest absolute Gasteiger partial charge is 0.497 e. The van der Waals surface area contributed by atoms with Crippen molar-refractivity contribution in [2.75, 3.05) is 33.3 Å². The van der Waals surface area contributed by atoms with Crippen LogP contribution < -0.4 is 15.4 Å². The van der Waals surface area contributed by atoms with E-state index in [9.17, 15) is 19.2 Å². The van der Waals surface area contributed by atoms with Crippen LogP contribution in [0.1, 0.15) is 33.6 Å². The first-order valence-electron chi connectivity index (χ1n) is 11.2. The number of hydrogen-bond acceptors (Lipinski definition) is 6. The molecule has 0 aliphatic carbocycles. The van der Waals surface area contributed by atoms with E-state index in [1.165, 1.54) is 11.1 Å². The van der Waals surface area contributed by atoms with Crippen LogP contribution in [0, 0.1) is 0 Å². The van der Waals surface area contributed by atoms with Crippen LogP contribution in [0.5, 0.6) is 5.75 Å². The van der Waals surface area contributed by atoms with Gasteiger partial charge in [0.05, 0.1) is 19.2 Å². The third-order valence-electron chi connectivity index (χ3n) is 6.08. The Kier molecular flexibility index (Phi) is 7.05. The van der Waals surface area contributed by atoms with Gasteiger partial charge >= 0.3 is 0 Å². The van der Waals surface area contributed by atoms with Crippen LogP contribution in [-0.4, -0.2) is 83.8 Å². The lowest BCUT2D eigenvalue weighted by molar-refractivity contribution is -0.133. The van der Waals surface area contributed by atoms with Crippen molar-refractivity contribution < 1.29 is 23.9 Å². The van der Waals surface area contributed by atoms with Crippen LogP contribution in [0.15, 0.2) is 48.8 Å². The van der Waals surface area contributed by atoms with Crippen molar-refractivity contribution in [3.8, 4) is 5.75 Å². The quantitative estimate of drug-likeness (QED) is 0.662. The number of nitrogens with zero attached hydrogens (tertiary/aromatic N) is 3. The van der Waals surface area contributed by atoms with Crippen molar-refractivity contribution in [1.82, 2.24) is 25.4 Å². The van der Waals surface area contributed by atoms with Gasteiger partial charge in [0.2, 0.25) is 11.8 Å². The SMILES string of the molecule is COc1ccc(C(=O)N2CCN(C(=O)c3cccnc3)[C@@H](C(=O)N[C@H]3CCCNC3=O)C2)cc1. The molecule has 2 aromatic rings. The molecule has 2 N–H and O–H groups in total. The minimum atomic E-state index is -0.946. The predicted molar refractivity (Wildman–Crippen MR) is 122 cm³/mol. The maximum absolute atomic E-state index is 13.3. The number of hydrogen-bond donors (Lipinski definition) is 2. The van der Waals surface area contributed by atoms with Gasteiger partial charge in [-0.05, 0) is 49.2 Å². The molecule has 0 bridgehead atoms. The molecule has 0 saturated carbocycles. The van der Waals surface area contributed by atoms with Crippen molar-refractivity contribution in [1.29, 1.82) is 0 Å². The summed E-state index contributed by atoms with van der Waals surface area (Å²) in [5, 5.41) is 5.51. The fraction of sp³-hybridized carbons (Fsp3) is 0.375. The van der Waals surface area contributed by atoms with E-state index < -0.39 is 18.0 Å². The Morgan fingerprint density at radius 3 is 2.56 bits per heavy atom. The van der Waals surface area contributed by atoms with E-state index in [1.54, 1.807) is 54.6 Å². The standard InChI is InChI=1S/C24H27N5O5/c1-34-18-8-6-16(7-9-18)23(32)28-12-13-29(24(33)17-4-2-10-25-14-17)20(15-28)22(31)27-19-5-3-11-26-21(19)30/h2,4,6-10,14,19-20H,3,5,11-13,15H2,1H3,(H,26,30)(H,27,31)/t19-,20+/m0/s1. The summed E-state index contributed by atoms with van der Waals surface area (Å²) < 4.78 is 5.15. The molecule has 2 saturated heterocycles. The second-order valence-electron chi connectivity index (χ2n) is 8.23. The van der Waals surface area contributed by atoms with Crippen molar-refractivity contribution >= 4 is 23.6 Å². The number of pyridine rings is 1. The molecule has 0 spiro atoms. The van der Waals surface area contributed by atoms with Crippen LogP contribution >= 0.6 is 0 Å². The predicted octanol–water partition coefficient (Wildman–Crippen LogP) is 0.452. The molecule has 4 amide bonds. The molecule has 34 heavy (non-hydrogen) atoms. The highest BCUT2D eigenvalue weighted by Gasteiger charge is 2.39. The van der Waals surface area contributed by atoms with E-state index >= 15 is 0 Å². The number of amides is 4. The smallest absolute Gasteiger partial charge is 0.256 e. The number of ether oxygens (including phenoxy) is 1. The van der Waals surface area contributed by atoms with Gasteiger partial charge in [-0.2, -0.15) is 0 Å². The minimum Gasteiger partial charge on any atom is -0.497 e. The topological polar surface area (TPSA) is 121 Å². The lowest BCUT2D eigenvalue weighted by atomic mass is 10.0. The second kappa shape index (κ2) is 10.3. The summed E-state index contributed by atoms with van der Waals surface area (Å²) in [5.74, 6) is -0.674. The first-order valence-corrected chi connectivity index (χ1v) is 11.2. The Hall–Kier alpha value is -3.95. The lowest BCUT2D eigenvalue weighted by Gasteiger charge is -2.41. The summed E-state index contributed by atoms with van der Waals surface area (Å²) in [6, 6.07) is 8.39. The lowest BCUT2D eigenvalue weighted by Crippen LogP contribution is -2.63. The van der Waals surface area contributed by atoms with E-state index in [1.807, 2.05) is 0 Å².